The Kier molecular flexibility index (Phi) is 4.79. The van der Waals surface area contributed by atoms with Crippen molar-refractivity contribution in [3.05, 3.63) is 47.6 Å². The van der Waals surface area contributed by atoms with E-state index in [0.29, 0.717) is 11.8 Å². The van der Waals surface area contributed by atoms with Crippen molar-refractivity contribution in [1.29, 1.82) is 0 Å². The van der Waals surface area contributed by atoms with E-state index in [9.17, 15) is 0 Å². The Labute approximate surface area is 100 Å². The van der Waals surface area contributed by atoms with Crippen LogP contribution in [0.4, 0.5) is 0 Å². The van der Waals surface area contributed by atoms with Crippen LogP contribution in [0.2, 0.25) is 0 Å². The lowest BCUT2D eigenvalue weighted by atomic mass is 9.89. The molecule has 16 heavy (non-hydrogen) atoms. The van der Waals surface area contributed by atoms with Crippen molar-refractivity contribution in [3.63, 3.8) is 0 Å². The molecule has 0 radical (unpaired) electrons. The van der Waals surface area contributed by atoms with Crippen LogP contribution in [-0.2, 0) is 0 Å². The molecule has 1 atom stereocenters. The fourth-order valence-corrected chi connectivity index (χ4v) is 1.83. The van der Waals surface area contributed by atoms with Gasteiger partial charge in [0.25, 0.3) is 0 Å². The van der Waals surface area contributed by atoms with E-state index in [4.69, 9.17) is 0 Å². The number of hydrogen-bond donors (Lipinski definition) is 0. The van der Waals surface area contributed by atoms with E-state index >= 15 is 0 Å². The third kappa shape index (κ3) is 3.23. The van der Waals surface area contributed by atoms with E-state index in [1.807, 2.05) is 0 Å². The molecule has 0 spiro atoms. The second-order valence-electron chi connectivity index (χ2n) is 4.96. The van der Waals surface area contributed by atoms with Crippen molar-refractivity contribution in [2.45, 2.75) is 40.5 Å². The summed E-state index contributed by atoms with van der Waals surface area (Å²) in [4.78, 5) is 0. The molecule has 0 saturated carbocycles. The molecule has 1 rings (SSSR count). The van der Waals surface area contributed by atoms with Crippen LogP contribution in [-0.4, -0.2) is 0 Å². The molecular weight excluding hydrogens is 192 g/mol. The lowest BCUT2D eigenvalue weighted by Crippen LogP contribution is -2.01. The summed E-state index contributed by atoms with van der Waals surface area (Å²) in [5, 5.41) is 0. The van der Waals surface area contributed by atoms with Gasteiger partial charge in [-0.05, 0) is 41.4 Å². The summed E-state index contributed by atoms with van der Waals surface area (Å²) in [5.41, 5.74) is 4.12. The summed E-state index contributed by atoms with van der Waals surface area (Å²) in [6.45, 7) is 13.2. The Morgan fingerprint density at radius 1 is 1.38 bits per heavy atom. The summed E-state index contributed by atoms with van der Waals surface area (Å²) in [5.74, 6) is 1.17. The van der Waals surface area contributed by atoms with Crippen LogP contribution in [0.1, 0.15) is 40.5 Å². The largest absolute Gasteiger partial charge is 0.0953 e. The summed E-state index contributed by atoms with van der Waals surface area (Å²) in [7, 11) is 0. The van der Waals surface area contributed by atoms with E-state index in [2.05, 4.69) is 58.6 Å². The van der Waals surface area contributed by atoms with Crippen LogP contribution in [0, 0.1) is 11.8 Å². The standard InChI is InChI=1S/C16H24/c1-6-13(4)14(5)16-10-8-7-9-15(11-16)12(2)3/h7-9,11-13H,5-6,10H2,1-4H3. The van der Waals surface area contributed by atoms with Gasteiger partial charge < -0.3 is 0 Å². The molecule has 0 saturated heterocycles. The molecule has 1 unspecified atom stereocenters. The van der Waals surface area contributed by atoms with Gasteiger partial charge in [0.2, 0.25) is 0 Å². The quantitative estimate of drug-likeness (QED) is 0.616. The highest BCUT2D eigenvalue weighted by Crippen LogP contribution is 2.28. The normalized spacial score (nSPS) is 17.8. The molecule has 0 aliphatic heterocycles. The van der Waals surface area contributed by atoms with Gasteiger partial charge in [0.05, 0.1) is 0 Å². The van der Waals surface area contributed by atoms with Crippen molar-refractivity contribution in [2.75, 3.05) is 0 Å². The first-order chi connectivity index (χ1) is 7.56. The van der Waals surface area contributed by atoms with Gasteiger partial charge in [-0.3, -0.25) is 0 Å². The highest BCUT2D eigenvalue weighted by molar-refractivity contribution is 5.42. The highest BCUT2D eigenvalue weighted by Gasteiger charge is 2.11. The Balaban J connectivity index is 2.93. The summed E-state index contributed by atoms with van der Waals surface area (Å²) in [6, 6.07) is 0. The first-order valence-electron chi connectivity index (χ1n) is 6.32. The van der Waals surface area contributed by atoms with Gasteiger partial charge in [-0.25, -0.2) is 0 Å². The number of allylic oxidation sites excluding steroid dienone is 7. The van der Waals surface area contributed by atoms with Gasteiger partial charge in [0.1, 0.15) is 0 Å². The Bertz CT molecular complexity index is 337. The molecule has 0 fully saturated rings. The zero-order chi connectivity index (χ0) is 12.1. The van der Waals surface area contributed by atoms with Crippen LogP contribution in [0.5, 0.6) is 0 Å². The molecule has 0 nitrogen and oxygen atoms in total. The third-order valence-electron chi connectivity index (χ3n) is 3.39. The predicted molar refractivity (Wildman–Crippen MR) is 73.4 cm³/mol. The average Bonchev–Trinajstić information content (AvgIpc) is 2.52. The van der Waals surface area contributed by atoms with Crippen molar-refractivity contribution in [1.82, 2.24) is 0 Å². The molecule has 1 aliphatic carbocycles. The third-order valence-corrected chi connectivity index (χ3v) is 3.39. The first kappa shape index (κ1) is 13.0. The summed E-state index contributed by atoms with van der Waals surface area (Å²) in [6.07, 6.45) is 11.1. The molecule has 0 bridgehead atoms. The van der Waals surface area contributed by atoms with Crippen LogP contribution in [0.25, 0.3) is 0 Å². The number of rotatable bonds is 4. The van der Waals surface area contributed by atoms with Crippen molar-refractivity contribution < 1.29 is 0 Å². The van der Waals surface area contributed by atoms with Crippen molar-refractivity contribution in [3.8, 4) is 0 Å². The molecule has 0 aromatic rings. The second kappa shape index (κ2) is 5.89. The van der Waals surface area contributed by atoms with Gasteiger partial charge in [0.15, 0.2) is 0 Å². The van der Waals surface area contributed by atoms with E-state index in [0.717, 1.165) is 6.42 Å². The lowest BCUT2D eigenvalue weighted by molar-refractivity contribution is 0.660. The molecular formula is C16H24. The van der Waals surface area contributed by atoms with Crippen molar-refractivity contribution >= 4 is 0 Å². The monoisotopic (exact) mass is 216 g/mol. The van der Waals surface area contributed by atoms with Crippen LogP contribution in [0.3, 0.4) is 0 Å². The fourth-order valence-electron chi connectivity index (χ4n) is 1.83. The minimum atomic E-state index is 0.586. The minimum absolute atomic E-state index is 0.586. The fraction of sp³-hybridized carbons (Fsp3) is 0.500. The molecule has 0 aromatic carbocycles. The van der Waals surface area contributed by atoms with E-state index < -0.39 is 0 Å². The summed E-state index contributed by atoms with van der Waals surface area (Å²) >= 11 is 0. The van der Waals surface area contributed by atoms with Gasteiger partial charge in [-0.2, -0.15) is 0 Å². The van der Waals surface area contributed by atoms with Gasteiger partial charge in [-0.15, -0.1) is 0 Å². The highest BCUT2D eigenvalue weighted by atomic mass is 14.2. The van der Waals surface area contributed by atoms with Crippen LogP contribution >= 0.6 is 0 Å². The van der Waals surface area contributed by atoms with Gasteiger partial charge >= 0.3 is 0 Å². The first-order valence-corrected chi connectivity index (χ1v) is 6.32. The van der Waals surface area contributed by atoms with Crippen LogP contribution in [0.15, 0.2) is 47.6 Å². The predicted octanol–water partition coefficient (Wildman–Crippen LogP) is 5.06. The Morgan fingerprint density at radius 3 is 2.62 bits per heavy atom. The van der Waals surface area contributed by atoms with E-state index in [-0.39, 0.29) is 0 Å². The number of hydrogen-bond acceptors (Lipinski definition) is 0. The Morgan fingerprint density at radius 2 is 2.06 bits per heavy atom. The molecule has 88 valence electrons. The molecule has 0 aromatic heterocycles. The van der Waals surface area contributed by atoms with Gasteiger partial charge in [0, 0.05) is 0 Å². The minimum Gasteiger partial charge on any atom is -0.0953 e. The SMILES string of the molecule is C=C(C1=CC(C(C)C)=CC=CC1)C(C)CC. The second-order valence-corrected chi connectivity index (χ2v) is 4.96. The van der Waals surface area contributed by atoms with E-state index in [1.165, 1.54) is 23.1 Å². The molecule has 0 heterocycles. The van der Waals surface area contributed by atoms with Crippen LogP contribution < -0.4 is 0 Å². The average molecular weight is 216 g/mol. The molecule has 1 aliphatic rings. The summed E-state index contributed by atoms with van der Waals surface area (Å²) < 4.78 is 0. The smallest absolute Gasteiger partial charge is 0.00916 e. The zero-order valence-electron chi connectivity index (χ0n) is 11.1. The van der Waals surface area contributed by atoms with Gasteiger partial charge in [-0.1, -0.05) is 58.6 Å². The molecule has 0 heteroatoms. The van der Waals surface area contributed by atoms with Crippen molar-refractivity contribution in [2.24, 2.45) is 11.8 Å². The maximum atomic E-state index is 4.26. The molecule has 0 amide bonds. The van der Waals surface area contributed by atoms with E-state index in [1.54, 1.807) is 0 Å². The maximum absolute atomic E-state index is 4.26. The molecule has 0 N–H and O–H groups in total. The Hall–Kier alpha value is -1.04. The lowest BCUT2D eigenvalue weighted by Gasteiger charge is -2.16. The zero-order valence-corrected chi connectivity index (χ0v) is 11.1. The topological polar surface area (TPSA) is 0 Å². The maximum Gasteiger partial charge on any atom is -0.00916 e.